The molecule has 0 spiro atoms. The van der Waals surface area contributed by atoms with E-state index in [2.05, 4.69) is 65.3 Å². The molecule has 0 aromatic heterocycles. The molecule has 0 radical (unpaired) electrons. The lowest BCUT2D eigenvalue weighted by atomic mass is 9.32. The van der Waals surface area contributed by atoms with Gasteiger partial charge in [0.25, 0.3) is 0 Å². The molecule has 5 rings (SSSR count). The van der Waals surface area contributed by atoms with E-state index in [0.29, 0.717) is 55.0 Å². The maximum Gasteiger partial charge on any atom is 0.306 e. The fourth-order valence-electron chi connectivity index (χ4n) is 14.0. The number of esters is 1. The van der Waals surface area contributed by atoms with Crippen LogP contribution in [0.1, 0.15) is 160 Å². The normalized spacial score (nSPS) is 38.4. The Morgan fingerprint density at radius 2 is 1.44 bits per heavy atom. The Balaban J connectivity index is 1.31. The molecule has 5 fully saturated rings. The zero-order chi connectivity index (χ0) is 40.3. The van der Waals surface area contributed by atoms with Crippen LogP contribution in [0.4, 0.5) is 0 Å². The predicted molar refractivity (Wildman–Crippen MR) is 215 cm³/mol. The molecule has 0 aromatic rings. The smallest absolute Gasteiger partial charge is 0.306 e. The van der Waals surface area contributed by atoms with Gasteiger partial charge in [-0.15, -0.1) is 0 Å². The predicted octanol–water partition coefficient (Wildman–Crippen LogP) is 9.83. The van der Waals surface area contributed by atoms with Crippen LogP contribution in [0.15, 0.2) is 24.6 Å². The zero-order valence-electron chi connectivity index (χ0n) is 36.0. The van der Waals surface area contributed by atoms with Crippen LogP contribution in [0, 0.1) is 62.1 Å². The second-order valence-corrected chi connectivity index (χ2v) is 21.9. The van der Waals surface area contributed by atoms with Crippen molar-refractivity contribution in [2.75, 3.05) is 13.1 Å². The molecule has 1 amide bonds. The quantitative estimate of drug-likeness (QED) is 0.0743. The number of amides is 1. The van der Waals surface area contributed by atoms with Gasteiger partial charge in [-0.3, -0.25) is 14.4 Å². The van der Waals surface area contributed by atoms with E-state index < -0.39 is 11.4 Å². The van der Waals surface area contributed by atoms with Crippen molar-refractivity contribution in [1.29, 1.82) is 0 Å². The van der Waals surface area contributed by atoms with Gasteiger partial charge in [-0.25, -0.2) is 0 Å². The highest BCUT2D eigenvalue weighted by Gasteiger charge is 2.71. The molecular formula is C46H76N2O6. The number of hydrogen-bond acceptors (Lipinski definition) is 6. The van der Waals surface area contributed by atoms with Gasteiger partial charge in [-0.1, -0.05) is 60.6 Å². The molecule has 0 bridgehead atoms. The Hall–Kier alpha value is -2.51. The average molecular weight is 753 g/mol. The minimum atomic E-state index is -0.887. The number of rotatable bonds is 13. The molecule has 8 nitrogen and oxygen atoms in total. The third kappa shape index (κ3) is 7.88. The fraction of sp³-hybridized carbons (Fsp3) is 0.848. The molecule has 5 aliphatic rings. The highest BCUT2D eigenvalue weighted by atomic mass is 16.5. The van der Waals surface area contributed by atoms with Crippen LogP contribution in [0.5, 0.6) is 0 Å². The summed E-state index contributed by atoms with van der Waals surface area (Å²) in [7, 11) is 0. The van der Waals surface area contributed by atoms with Gasteiger partial charge in [-0.05, 0) is 155 Å². The lowest BCUT2D eigenvalue weighted by molar-refractivity contribution is -0.250. The van der Waals surface area contributed by atoms with Crippen molar-refractivity contribution < 1.29 is 29.0 Å². The van der Waals surface area contributed by atoms with Crippen LogP contribution in [0.2, 0.25) is 0 Å². The first-order valence-corrected chi connectivity index (χ1v) is 21.3. The molecule has 0 saturated heterocycles. The number of fused-ring (bicyclic) bond motifs is 7. The molecule has 54 heavy (non-hydrogen) atoms. The summed E-state index contributed by atoms with van der Waals surface area (Å²) in [4.78, 5) is 38.4. The minimum absolute atomic E-state index is 0.0114. The molecule has 0 unspecified atom stereocenters. The lowest BCUT2D eigenvalue weighted by Gasteiger charge is -2.73. The van der Waals surface area contributed by atoms with Crippen molar-refractivity contribution in [3.63, 3.8) is 0 Å². The van der Waals surface area contributed by atoms with Gasteiger partial charge in [-0.2, -0.15) is 0 Å². The second-order valence-electron chi connectivity index (χ2n) is 21.9. The van der Waals surface area contributed by atoms with Crippen LogP contribution in [-0.4, -0.2) is 47.7 Å². The molecular weight excluding hydrogens is 677 g/mol. The van der Waals surface area contributed by atoms with Crippen LogP contribution in [0.25, 0.3) is 0 Å². The van der Waals surface area contributed by atoms with E-state index in [1.165, 1.54) is 31.3 Å². The summed E-state index contributed by atoms with van der Waals surface area (Å²) < 4.78 is 12.1. The van der Waals surface area contributed by atoms with Gasteiger partial charge in [0.2, 0.25) is 5.91 Å². The number of carbonyl (C=O) groups is 3. The summed E-state index contributed by atoms with van der Waals surface area (Å²) in [6, 6.07) is 0. The number of ether oxygens (including phenoxy) is 2. The Morgan fingerprint density at radius 1 is 0.778 bits per heavy atom. The summed E-state index contributed by atoms with van der Waals surface area (Å²) in [5.74, 6) is 2.04. The van der Waals surface area contributed by atoms with E-state index >= 15 is 0 Å². The number of hydrogen-bond donors (Lipinski definition) is 3. The third-order valence-electron chi connectivity index (χ3n) is 16.4. The molecule has 0 aromatic carbocycles. The van der Waals surface area contributed by atoms with E-state index in [9.17, 15) is 19.5 Å². The largest absolute Gasteiger partial charge is 0.481 e. The number of aliphatic carboxylic acids is 1. The van der Waals surface area contributed by atoms with Crippen molar-refractivity contribution in [3.8, 4) is 0 Å². The van der Waals surface area contributed by atoms with Gasteiger partial charge in [0, 0.05) is 24.9 Å². The van der Waals surface area contributed by atoms with Crippen molar-refractivity contribution in [2.45, 2.75) is 171 Å². The third-order valence-corrected chi connectivity index (χ3v) is 16.4. The lowest BCUT2D eigenvalue weighted by Crippen LogP contribution is -2.67. The summed E-state index contributed by atoms with van der Waals surface area (Å²) in [5, 5.41) is 15.8. The standard InChI is InChI=1S/C46H76N2O6/c1-29(2)31-16-21-46(26-36(49)48-25-24-47-30(3)54-40(4,5)6)23-22-44(12)32(39(31)46)14-15-34-43(11)19-18-35(42(9,10)33(43)17-20-45(34,44)13)53-38(52)28-41(7,8)27-37(50)51/h31-35,39,47H,1,3,14-28H2,2,4-13H3,(H,48,49)(H,50,51)/t31-,32+,33-,34+,35-,39+,43-,44+,45+,46+/m0/s1. The van der Waals surface area contributed by atoms with Crippen LogP contribution >= 0.6 is 0 Å². The van der Waals surface area contributed by atoms with Crippen molar-refractivity contribution in [1.82, 2.24) is 10.6 Å². The van der Waals surface area contributed by atoms with Gasteiger partial charge in [0.05, 0.1) is 12.8 Å². The van der Waals surface area contributed by atoms with E-state index in [1.807, 2.05) is 34.6 Å². The highest BCUT2D eigenvalue weighted by Crippen LogP contribution is 2.78. The topological polar surface area (TPSA) is 114 Å². The first-order valence-electron chi connectivity index (χ1n) is 21.3. The van der Waals surface area contributed by atoms with Gasteiger partial charge >= 0.3 is 11.9 Å². The maximum absolute atomic E-state index is 13.7. The van der Waals surface area contributed by atoms with E-state index in [1.54, 1.807) is 0 Å². The molecule has 5 aliphatic carbocycles. The minimum Gasteiger partial charge on any atom is -0.481 e. The molecule has 10 atom stereocenters. The molecule has 0 aliphatic heterocycles. The Kier molecular flexibility index (Phi) is 11.7. The number of carboxylic acid groups (broad SMARTS) is 1. The Bertz CT molecular complexity index is 1480. The van der Waals surface area contributed by atoms with E-state index in [0.717, 1.165) is 38.5 Å². The fourth-order valence-corrected chi connectivity index (χ4v) is 14.0. The van der Waals surface area contributed by atoms with Crippen LogP contribution < -0.4 is 10.6 Å². The summed E-state index contributed by atoms with van der Waals surface area (Å²) in [6.45, 7) is 34.0. The number of carboxylic acids is 1. The number of carbonyl (C=O) groups excluding carboxylic acids is 2. The van der Waals surface area contributed by atoms with Crippen molar-refractivity contribution in [2.24, 2.45) is 62.1 Å². The zero-order valence-corrected chi connectivity index (χ0v) is 36.0. The number of nitrogens with one attached hydrogen (secondary N) is 2. The molecule has 5 saturated carbocycles. The first-order chi connectivity index (χ1) is 24.8. The second kappa shape index (κ2) is 14.8. The highest BCUT2D eigenvalue weighted by molar-refractivity contribution is 5.77. The molecule has 3 N–H and O–H groups in total. The summed E-state index contributed by atoms with van der Waals surface area (Å²) in [6.07, 6.45) is 11.6. The van der Waals surface area contributed by atoms with E-state index in [4.69, 9.17) is 9.47 Å². The first kappa shape index (κ1) is 42.6. The van der Waals surface area contributed by atoms with Crippen LogP contribution in [0.3, 0.4) is 0 Å². The van der Waals surface area contributed by atoms with Crippen molar-refractivity contribution >= 4 is 17.8 Å². The molecule has 8 heteroatoms. The van der Waals surface area contributed by atoms with Gasteiger partial charge in [0.15, 0.2) is 5.88 Å². The van der Waals surface area contributed by atoms with Gasteiger partial charge in [0.1, 0.15) is 11.7 Å². The maximum atomic E-state index is 13.7. The number of allylic oxidation sites excluding steroid dienone is 1. The van der Waals surface area contributed by atoms with Gasteiger partial charge < -0.3 is 25.2 Å². The molecule has 306 valence electrons. The molecule has 0 heterocycles. The SMILES string of the molecule is C=C(NCCNC(=O)C[C@]12CC[C@@H](C(=C)C)[C@@H]1[C@H]1CC[C@@H]3[C@@]4(C)CC[C@H](OC(=O)CC(C)(C)CC(=O)O)C(C)(C)[C@@H]4CC[C@@]3(C)[C@]1(C)CC2)OC(C)(C)C. The summed E-state index contributed by atoms with van der Waals surface area (Å²) in [5.41, 5.74) is 0.667. The summed E-state index contributed by atoms with van der Waals surface area (Å²) >= 11 is 0. The Morgan fingerprint density at radius 3 is 2.07 bits per heavy atom. The van der Waals surface area contributed by atoms with E-state index in [-0.39, 0.29) is 63.5 Å². The monoisotopic (exact) mass is 753 g/mol. The van der Waals surface area contributed by atoms with Crippen molar-refractivity contribution in [3.05, 3.63) is 24.6 Å². The van der Waals surface area contributed by atoms with Crippen LogP contribution in [-0.2, 0) is 23.9 Å². The average Bonchev–Trinajstić information content (AvgIpc) is 3.39. The Labute approximate surface area is 327 Å².